The third kappa shape index (κ3) is 1.21. The molecule has 0 unspecified atom stereocenters. The van der Waals surface area contributed by atoms with Gasteiger partial charge in [-0.15, -0.1) is 13.2 Å². The third-order valence-corrected chi connectivity index (χ3v) is 2.97. The molecule has 0 saturated heterocycles. The molecule has 1 fully saturated rings. The van der Waals surface area contributed by atoms with Gasteiger partial charge < -0.3 is 10.8 Å². The summed E-state index contributed by atoms with van der Waals surface area (Å²) in [7, 11) is 0. The summed E-state index contributed by atoms with van der Waals surface area (Å²) in [6.45, 7) is 7.70. The molecule has 0 amide bonds. The van der Waals surface area contributed by atoms with Crippen LogP contribution >= 0.6 is 0 Å². The molecule has 0 spiro atoms. The van der Waals surface area contributed by atoms with Gasteiger partial charge in [0.15, 0.2) is 0 Å². The minimum Gasteiger partial charge on any atom is -0.387 e. The summed E-state index contributed by atoms with van der Waals surface area (Å²) >= 11 is 0. The van der Waals surface area contributed by atoms with Crippen molar-refractivity contribution >= 4 is 0 Å². The van der Waals surface area contributed by atoms with Crippen LogP contribution in [0.4, 0.5) is 0 Å². The van der Waals surface area contributed by atoms with E-state index in [1.165, 1.54) is 0 Å². The average Bonchev–Trinajstić information content (AvgIpc) is 2.42. The van der Waals surface area contributed by atoms with E-state index in [1.54, 1.807) is 12.2 Å². The Morgan fingerprint density at radius 1 is 1.33 bits per heavy atom. The van der Waals surface area contributed by atoms with Gasteiger partial charge >= 0.3 is 0 Å². The second-order valence-corrected chi connectivity index (χ2v) is 3.46. The van der Waals surface area contributed by atoms with Crippen molar-refractivity contribution in [2.24, 2.45) is 17.6 Å². The molecule has 2 atom stereocenters. The van der Waals surface area contributed by atoms with E-state index in [0.717, 1.165) is 12.8 Å². The van der Waals surface area contributed by atoms with Crippen molar-refractivity contribution in [1.82, 2.24) is 0 Å². The summed E-state index contributed by atoms with van der Waals surface area (Å²) in [5.41, 5.74) is 4.77. The van der Waals surface area contributed by atoms with E-state index in [4.69, 9.17) is 5.73 Å². The summed E-state index contributed by atoms with van der Waals surface area (Å²) in [6.07, 6.45) is 5.54. The van der Waals surface area contributed by atoms with Crippen LogP contribution in [0, 0.1) is 11.8 Å². The molecule has 68 valence electrons. The van der Waals surface area contributed by atoms with Crippen LogP contribution in [0.3, 0.4) is 0 Å². The van der Waals surface area contributed by atoms with Crippen LogP contribution in [-0.4, -0.2) is 17.3 Å². The summed E-state index contributed by atoms with van der Waals surface area (Å²) < 4.78 is 0. The van der Waals surface area contributed by atoms with E-state index >= 15 is 0 Å². The van der Waals surface area contributed by atoms with Crippen molar-refractivity contribution < 1.29 is 5.11 Å². The van der Waals surface area contributed by atoms with Gasteiger partial charge in [-0.25, -0.2) is 0 Å². The first-order chi connectivity index (χ1) is 5.69. The van der Waals surface area contributed by atoms with Crippen LogP contribution in [-0.2, 0) is 0 Å². The molecule has 2 nitrogen and oxygen atoms in total. The molecule has 1 aliphatic carbocycles. The summed E-state index contributed by atoms with van der Waals surface area (Å²) in [5.74, 6) is 0.260. The lowest BCUT2D eigenvalue weighted by Crippen LogP contribution is -2.45. The van der Waals surface area contributed by atoms with Crippen molar-refractivity contribution in [3.05, 3.63) is 25.3 Å². The zero-order chi connectivity index (χ0) is 9.19. The Labute approximate surface area is 73.8 Å². The number of hydrogen-bond acceptors (Lipinski definition) is 2. The first kappa shape index (κ1) is 9.49. The lowest BCUT2D eigenvalue weighted by atomic mass is 9.84. The van der Waals surface area contributed by atoms with Gasteiger partial charge in [-0.05, 0) is 12.8 Å². The fraction of sp³-hybridized carbons (Fsp3) is 0.600. The smallest absolute Gasteiger partial charge is 0.0893 e. The minimum atomic E-state index is -0.788. The standard InChI is InChI=1S/C10H17NO/c1-3-8-5-6-9(4-2)10(8,12)7-11/h3-4,8-9,12H,1-2,5-7,11H2/t8-,9-/m0/s1. The molecular weight excluding hydrogens is 150 g/mol. The van der Waals surface area contributed by atoms with Crippen LogP contribution in [0.15, 0.2) is 25.3 Å². The fourth-order valence-electron chi connectivity index (χ4n) is 2.08. The maximum atomic E-state index is 10.2. The maximum absolute atomic E-state index is 10.2. The highest BCUT2D eigenvalue weighted by Gasteiger charge is 2.44. The first-order valence-electron chi connectivity index (χ1n) is 4.36. The highest BCUT2D eigenvalue weighted by atomic mass is 16.3. The highest BCUT2D eigenvalue weighted by molar-refractivity contribution is 5.10. The number of nitrogens with two attached hydrogens (primary N) is 1. The molecule has 0 heterocycles. The molecule has 0 aromatic carbocycles. The minimum absolute atomic E-state index is 0.130. The molecular formula is C10H17NO. The fourth-order valence-corrected chi connectivity index (χ4v) is 2.08. The van der Waals surface area contributed by atoms with E-state index in [0.29, 0.717) is 6.54 Å². The lowest BCUT2D eigenvalue weighted by molar-refractivity contribution is 0.00226. The van der Waals surface area contributed by atoms with Gasteiger partial charge in [0.2, 0.25) is 0 Å². The molecule has 0 aromatic rings. The van der Waals surface area contributed by atoms with Crippen LogP contribution < -0.4 is 5.73 Å². The summed E-state index contributed by atoms with van der Waals surface area (Å²) in [6, 6.07) is 0. The van der Waals surface area contributed by atoms with Crippen molar-refractivity contribution in [2.45, 2.75) is 18.4 Å². The monoisotopic (exact) mass is 167 g/mol. The van der Waals surface area contributed by atoms with Crippen molar-refractivity contribution in [1.29, 1.82) is 0 Å². The second-order valence-electron chi connectivity index (χ2n) is 3.46. The topological polar surface area (TPSA) is 46.2 Å². The number of hydrogen-bond donors (Lipinski definition) is 2. The SMILES string of the molecule is C=C[C@H]1CC[C@H](C=C)C1(O)CN. The largest absolute Gasteiger partial charge is 0.387 e. The molecule has 1 aliphatic rings. The maximum Gasteiger partial charge on any atom is 0.0893 e. The Morgan fingerprint density at radius 3 is 2.00 bits per heavy atom. The van der Waals surface area contributed by atoms with Gasteiger partial charge in [-0.3, -0.25) is 0 Å². The van der Waals surface area contributed by atoms with Crippen molar-refractivity contribution in [3.63, 3.8) is 0 Å². The lowest BCUT2D eigenvalue weighted by Gasteiger charge is -2.31. The summed E-state index contributed by atoms with van der Waals surface area (Å²) in [4.78, 5) is 0. The number of rotatable bonds is 3. The summed E-state index contributed by atoms with van der Waals surface area (Å²) in [5, 5.41) is 10.2. The highest BCUT2D eigenvalue weighted by Crippen LogP contribution is 2.41. The molecule has 1 saturated carbocycles. The Kier molecular flexibility index (Phi) is 2.70. The second kappa shape index (κ2) is 3.42. The van der Waals surface area contributed by atoms with E-state index in [-0.39, 0.29) is 11.8 Å². The van der Waals surface area contributed by atoms with Gasteiger partial charge in [-0.2, -0.15) is 0 Å². The molecule has 1 rings (SSSR count). The van der Waals surface area contributed by atoms with E-state index < -0.39 is 5.60 Å². The Balaban J connectivity index is 2.85. The van der Waals surface area contributed by atoms with Gasteiger partial charge in [0, 0.05) is 18.4 Å². The third-order valence-electron chi connectivity index (χ3n) is 2.97. The van der Waals surface area contributed by atoms with E-state index in [9.17, 15) is 5.11 Å². The molecule has 0 bridgehead atoms. The quantitative estimate of drug-likeness (QED) is 0.618. The molecule has 12 heavy (non-hydrogen) atoms. The van der Waals surface area contributed by atoms with Gasteiger partial charge in [-0.1, -0.05) is 12.2 Å². The predicted molar refractivity (Wildman–Crippen MR) is 50.6 cm³/mol. The Hall–Kier alpha value is -0.600. The Bertz CT molecular complexity index is 172. The van der Waals surface area contributed by atoms with E-state index in [2.05, 4.69) is 13.2 Å². The van der Waals surface area contributed by atoms with Gasteiger partial charge in [0.1, 0.15) is 0 Å². The molecule has 0 aromatic heterocycles. The average molecular weight is 167 g/mol. The predicted octanol–water partition coefficient (Wildman–Crippen LogP) is 1.07. The van der Waals surface area contributed by atoms with Crippen LogP contribution in [0.2, 0.25) is 0 Å². The molecule has 0 radical (unpaired) electrons. The Morgan fingerprint density at radius 2 is 1.75 bits per heavy atom. The van der Waals surface area contributed by atoms with Gasteiger partial charge in [0.25, 0.3) is 0 Å². The van der Waals surface area contributed by atoms with Crippen LogP contribution in [0.5, 0.6) is 0 Å². The van der Waals surface area contributed by atoms with Crippen molar-refractivity contribution in [3.8, 4) is 0 Å². The van der Waals surface area contributed by atoms with E-state index in [1.807, 2.05) is 0 Å². The molecule has 0 aliphatic heterocycles. The normalized spacial score (nSPS) is 33.2. The van der Waals surface area contributed by atoms with Crippen LogP contribution in [0.25, 0.3) is 0 Å². The molecule has 2 heteroatoms. The zero-order valence-electron chi connectivity index (χ0n) is 7.37. The molecule has 3 N–H and O–H groups in total. The van der Waals surface area contributed by atoms with Crippen molar-refractivity contribution in [2.75, 3.05) is 6.54 Å². The zero-order valence-corrected chi connectivity index (χ0v) is 7.37. The first-order valence-corrected chi connectivity index (χ1v) is 4.36. The number of aliphatic hydroxyl groups is 1. The van der Waals surface area contributed by atoms with Crippen LogP contribution in [0.1, 0.15) is 12.8 Å². The van der Waals surface area contributed by atoms with Gasteiger partial charge in [0.05, 0.1) is 5.60 Å².